The van der Waals surface area contributed by atoms with Gasteiger partial charge in [0.05, 0.1) is 4.90 Å². The summed E-state index contributed by atoms with van der Waals surface area (Å²) in [4.78, 5) is 8.16. The van der Waals surface area contributed by atoms with Gasteiger partial charge in [-0.15, -0.1) is 0 Å². The smallest absolute Gasteiger partial charge is 0.248 e. The molecular formula is C12H11N3O3S2. The van der Waals surface area contributed by atoms with Crippen LogP contribution >= 0.6 is 12.2 Å². The SMILES string of the molecule is CS(=O)(=O)c1cccc(Oc2nccnc2C(N)=S)c1. The number of rotatable bonds is 4. The van der Waals surface area contributed by atoms with E-state index in [2.05, 4.69) is 9.97 Å². The minimum absolute atomic E-state index is 0.0485. The van der Waals surface area contributed by atoms with Gasteiger partial charge in [0.2, 0.25) is 5.88 Å². The highest BCUT2D eigenvalue weighted by Gasteiger charge is 2.12. The molecule has 1 aromatic carbocycles. The molecule has 0 bridgehead atoms. The number of benzene rings is 1. The van der Waals surface area contributed by atoms with E-state index in [1.807, 2.05) is 0 Å². The number of hydrogen-bond donors (Lipinski definition) is 1. The largest absolute Gasteiger partial charge is 0.437 e. The van der Waals surface area contributed by atoms with E-state index < -0.39 is 9.84 Å². The van der Waals surface area contributed by atoms with Crippen LogP contribution in [0.15, 0.2) is 41.6 Å². The van der Waals surface area contributed by atoms with E-state index >= 15 is 0 Å². The Kier molecular flexibility index (Phi) is 3.96. The van der Waals surface area contributed by atoms with Crippen molar-refractivity contribution in [3.63, 3.8) is 0 Å². The Hall–Kier alpha value is -2.06. The second-order valence-electron chi connectivity index (χ2n) is 3.92. The Labute approximate surface area is 121 Å². The third kappa shape index (κ3) is 3.28. The molecule has 8 heteroatoms. The Bertz CT molecular complexity index is 760. The Morgan fingerprint density at radius 2 is 2.00 bits per heavy atom. The molecule has 0 aliphatic carbocycles. The van der Waals surface area contributed by atoms with Gasteiger partial charge in [-0.25, -0.2) is 18.4 Å². The van der Waals surface area contributed by atoms with Gasteiger partial charge in [0, 0.05) is 18.6 Å². The van der Waals surface area contributed by atoms with Gasteiger partial charge in [-0.2, -0.15) is 0 Å². The molecule has 0 aliphatic rings. The van der Waals surface area contributed by atoms with Crippen LogP contribution < -0.4 is 10.5 Å². The van der Waals surface area contributed by atoms with Crippen molar-refractivity contribution >= 4 is 27.0 Å². The van der Waals surface area contributed by atoms with E-state index in [0.717, 1.165) is 6.26 Å². The minimum Gasteiger partial charge on any atom is -0.437 e. The van der Waals surface area contributed by atoms with Crippen molar-refractivity contribution in [2.75, 3.05) is 6.26 Å². The Morgan fingerprint density at radius 1 is 1.30 bits per heavy atom. The molecule has 0 amide bonds. The van der Waals surface area contributed by atoms with Crippen LogP contribution in [0.2, 0.25) is 0 Å². The van der Waals surface area contributed by atoms with E-state index in [9.17, 15) is 8.42 Å². The summed E-state index contributed by atoms with van der Waals surface area (Å²) < 4.78 is 28.5. The molecular weight excluding hydrogens is 298 g/mol. The minimum atomic E-state index is -3.31. The monoisotopic (exact) mass is 309 g/mol. The number of sulfone groups is 1. The van der Waals surface area contributed by atoms with Crippen molar-refractivity contribution in [3.8, 4) is 11.6 Å². The first-order valence-corrected chi connectivity index (χ1v) is 7.76. The van der Waals surface area contributed by atoms with Crippen molar-refractivity contribution < 1.29 is 13.2 Å². The molecule has 2 rings (SSSR count). The maximum atomic E-state index is 11.5. The summed E-state index contributed by atoms with van der Waals surface area (Å²) in [5.41, 5.74) is 5.76. The highest BCUT2D eigenvalue weighted by atomic mass is 32.2. The van der Waals surface area contributed by atoms with E-state index in [4.69, 9.17) is 22.7 Å². The van der Waals surface area contributed by atoms with Gasteiger partial charge in [0.25, 0.3) is 0 Å². The zero-order valence-electron chi connectivity index (χ0n) is 10.5. The lowest BCUT2D eigenvalue weighted by Crippen LogP contribution is -2.13. The molecule has 2 aromatic rings. The number of hydrogen-bond acceptors (Lipinski definition) is 6. The standard InChI is InChI=1S/C12H11N3O3S2/c1-20(16,17)9-4-2-3-8(7-9)18-12-10(11(13)19)14-5-6-15-12/h2-7H,1H3,(H2,13,19). The lowest BCUT2D eigenvalue weighted by atomic mass is 10.3. The Balaban J connectivity index is 2.39. The second kappa shape index (κ2) is 5.51. The third-order valence-corrected chi connectivity index (χ3v) is 3.65. The zero-order chi connectivity index (χ0) is 14.8. The maximum absolute atomic E-state index is 11.5. The third-order valence-electron chi connectivity index (χ3n) is 2.35. The summed E-state index contributed by atoms with van der Waals surface area (Å²) in [7, 11) is -3.31. The van der Waals surface area contributed by atoms with Gasteiger partial charge < -0.3 is 10.5 Å². The molecule has 0 unspecified atom stereocenters. The van der Waals surface area contributed by atoms with Crippen LogP contribution in [0.25, 0.3) is 0 Å². The molecule has 20 heavy (non-hydrogen) atoms. The molecule has 6 nitrogen and oxygen atoms in total. The van der Waals surface area contributed by atoms with Crippen LogP contribution in [0, 0.1) is 0 Å². The molecule has 0 saturated heterocycles. The lowest BCUT2D eigenvalue weighted by Gasteiger charge is -2.08. The Morgan fingerprint density at radius 3 is 2.65 bits per heavy atom. The molecule has 0 atom stereocenters. The number of nitrogens with zero attached hydrogens (tertiary/aromatic N) is 2. The topological polar surface area (TPSA) is 95.2 Å². The quantitative estimate of drug-likeness (QED) is 0.851. The molecule has 0 radical (unpaired) electrons. The fourth-order valence-corrected chi connectivity index (χ4v) is 2.24. The molecule has 104 valence electrons. The van der Waals surface area contributed by atoms with Crippen molar-refractivity contribution in [2.45, 2.75) is 4.90 Å². The number of ether oxygens (including phenoxy) is 1. The summed E-state index contributed by atoms with van der Waals surface area (Å²) in [6.45, 7) is 0. The molecule has 0 aliphatic heterocycles. The number of thiocarbonyl (C=S) groups is 1. The van der Waals surface area contributed by atoms with Crippen LogP contribution in [0.5, 0.6) is 11.6 Å². The van der Waals surface area contributed by atoms with Crippen LogP contribution in [0.4, 0.5) is 0 Å². The summed E-state index contributed by atoms with van der Waals surface area (Å²) in [6.07, 6.45) is 3.99. The van der Waals surface area contributed by atoms with E-state index in [1.54, 1.807) is 12.1 Å². The first-order valence-electron chi connectivity index (χ1n) is 5.47. The van der Waals surface area contributed by atoms with Gasteiger partial charge in [0.15, 0.2) is 15.5 Å². The van der Waals surface area contributed by atoms with Crippen molar-refractivity contribution in [1.82, 2.24) is 9.97 Å². The maximum Gasteiger partial charge on any atom is 0.248 e. The van der Waals surface area contributed by atoms with Crippen LogP contribution in [-0.4, -0.2) is 29.6 Å². The van der Waals surface area contributed by atoms with Gasteiger partial charge >= 0.3 is 0 Å². The van der Waals surface area contributed by atoms with Crippen molar-refractivity contribution in [1.29, 1.82) is 0 Å². The zero-order valence-corrected chi connectivity index (χ0v) is 12.1. The molecule has 1 aromatic heterocycles. The van der Waals surface area contributed by atoms with Gasteiger partial charge in [-0.3, -0.25) is 0 Å². The molecule has 1 heterocycles. The summed E-state index contributed by atoms with van der Waals surface area (Å²) in [6, 6.07) is 6.05. The molecule has 0 saturated carbocycles. The van der Waals surface area contributed by atoms with Crippen LogP contribution in [0.1, 0.15) is 5.69 Å². The first-order chi connectivity index (χ1) is 9.38. The predicted octanol–water partition coefficient (Wildman–Crippen LogP) is 1.31. The summed E-state index contributed by atoms with van der Waals surface area (Å²) >= 11 is 4.85. The van der Waals surface area contributed by atoms with E-state index in [-0.39, 0.29) is 21.5 Å². The highest BCUT2D eigenvalue weighted by molar-refractivity contribution is 7.90. The van der Waals surface area contributed by atoms with Crippen LogP contribution in [-0.2, 0) is 9.84 Å². The number of aromatic nitrogens is 2. The molecule has 0 spiro atoms. The average molecular weight is 309 g/mol. The normalized spacial score (nSPS) is 11.1. The highest BCUT2D eigenvalue weighted by Crippen LogP contribution is 2.24. The van der Waals surface area contributed by atoms with E-state index in [0.29, 0.717) is 5.75 Å². The molecule has 2 N–H and O–H groups in total. The fourth-order valence-electron chi connectivity index (χ4n) is 1.45. The summed E-state index contributed by atoms with van der Waals surface area (Å²) in [5.74, 6) is 0.441. The lowest BCUT2D eigenvalue weighted by molar-refractivity contribution is 0.457. The van der Waals surface area contributed by atoms with Crippen LogP contribution in [0.3, 0.4) is 0 Å². The van der Waals surface area contributed by atoms with Gasteiger partial charge in [-0.05, 0) is 18.2 Å². The summed E-state index contributed by atoms with van der Waals surface area (Å²) in [5, 5.41) is 0. The number of nitrogens with two attached hydrogens (primary N) is 1. The first kappa shape index (κ1) is 14.4. The van der Waals surface area contributed by atoms with Crippen molar-refractivity contribution in [3.05, 3.63) is 42.4 Å². The fraction of sp³-hybridized carbons (Fsp3) is 0.0833. The van der Waals surface area contributed by atoms with E-state index in [1.165, 1.54) is 24.5 Å². The second-order valence-corrected chi connectivity index (χ2v) is 6.38. The van der Waals surface area contributed by atoms with Gasteiger partial charge in [-0.1, -0.05) is 18.3 Å². The molecule has 0 fully saturated rings. The van der Waals surface area contributed by atoms with Crippen molar-refractivity contribution in [2.24, 2.45) is 5.73 Å². The predicted molar refractivity (Wildman–Crippen MR) is 77.5 cm³/mol. The average Bonchev–Trinajstić information content (AvgIpc) is 2.38. The van der Waals surface area contributed by atoms with Gasteiger partial charge in [0.1, 0.15) is 10.7 Å².